The molecule has 0 bridgehead atoms. The highest BCUT2D eigenvalue weighted by Crippen LogP contribution is 2.23. The molecule has 0 unspecified atom stereocenters. The van der Waals surface area contributed by atoms with E-state index in [4.69, 9.17) is 0 Å². The zero-order valence-electron chi connectivity index (χ0n) is 10.5. The summed E-state index contributed by atoms with van der Waals surface area (Å²) in [6.45, 7) is 9.94. The van der Waals surface area contributed by atoms with E-state index in [0.29, 0.717) is 12.5 Å². The Morgan fingerprint density at radius 1 is 1.33 bits per heavy atom. The second kappa shape index (κ2) is 7.94. The fourth-order valence-corrected chi connectivity index (χ4v) is 1.74. The van der Waals surface area contributed by atoms with Crippen molar-refractivity contribution < 1.29 is 4.79 Å². The van der Waals surface area contributed by atoms with Crippen molar-refractivity contribution in [1.29, 1.82) is 0 Å². The maximum absolute atomic E-state index is 11.2. The lowest BCUT2D eigenvalue weighted by Gasteiger charge is -2.26. The number of rotatable bonds is 6. The smallest absolute Gasteiger partial charge is 0.233 e. The molecule has 2 N–H and O–H groups in total. The number of halogens is 1. The molecule has 92 valence electrons. The molecule has 1 amide bonds. The quantitative estimate of drug-likeness (QED) is 0.739. The lowest BCUT2D eigenvalue weighted by molar-refractivity contribution is -0.120. The third-order valence-corrected chi connectivity index (χ3v) is 2.06. The summed E-state index contributed by atoms with van der Waals surface area (Å²) >= 11 is 0. The maximum Gasteiger partial charge on any atom is 0.233 e. The van der Waals surface area contributed by atoms with Gasteiger partial charge in [-0.2, -0.15) is 0 Å². The standard InChI is InChI=1S/C11H24N2O.ClH/c1-9(2)6-11(3,4)8-13-10(14)7-12-5;/h9,12H,6-8H2,1-5H3,(H,13,14);1H. The average molecular weight is 237 g/mol. The van der Waals surface area contributed by atoms with Crippen LogP contribution in [-0.2, 0) is 4.79 Å². The molecule has 0 aromatic heterocycles. The molecule has 0 aliphatic heterocycles. The summed E-state index contributed by atoms with van der Waals surface area (Å²) < 4.78 is 0. The first-order chi connectivity index (χ1) is 6.37. The first-order valence-corrected chi connectivity index (χ1v) is 5.28. The molecule has 15 heavy (non-hydrogen) atoms. The Kier molecular flexibility index (Phi) is 9.07. The molecule has 0 atom stereocenters. The van der Waals surface area contributed by atoms with Crippen LogP contribution in [0.4, 0.5) is 0 Å². The number of hydrogen-bond acceptors (Lipinski definition) is 2. The number of nitrogens with one attached hydrogen (secondary N) is 2. The Bertz CT molecular complexity index is 181. The predicted octanol–water partition coefficient (Wildman–Crippen LogP) is 1.82. The van der Waals surface area contributed by atoms with Gasteiger partial charge in [-0.05, 0) is 24.8 Å². The zero-order chi connectivity index (χ0) is 11.2. The van der Waals surface area contributed by atoms with Gasteiger partial charge in [0.1, 0.15) is 0 Å². The van der Waals surface area contributed by atoms with Crippen LogP contribution >= 0.6 is 12.4 Å². The summed E-state index contributed by atoms with van der Waals surface area (Å²) in [5, 5.41) is 5.76. The minimum Gasteiger partial charge on any atom is -0.354 e. The summed E-state index contributed by atoms with van der Waals surface area (Å²) in [4.78, 5) is 11.2. The fourth-order valence-electron chi connectivity index (χ4n) is 1.74. The minimum absolute atomic E-state index is 0. The van der Waals surface area contributed by atoms with Crippen LogP contribution in [0.25, 0.3) is 0 Å². The second-order valence-electron chi connectivity index (χ2n) is 5.07. The van der Waals surface area contributed by atoms with Gasteiger partial charge >= 0.3 is 0 Å². The molecule has 0 aromatic rings. The fraction of sp³-hybridized carbons (Fsp3) is 0.909. The van der Waals surface area contributed by atoms with Gasteiger partial charge in [-0.3, -0.25) is 4.79 Å². The number of hydrogen-bond donors (Lipinski definition) is 2. The SMILES string of the molecule is CNCC(=O)NCC(C)(C)CC(C)C.Cl. The Balaban J connectivity index is 0. The molecule has 4 heteroatoms. The minimum atomic E-state index is 0. The van der Waals surface area contributed by atoms with Crippen molar-refractivity contribution in [3.63, 3.8) is 0 Å². The van der Waals surface area contributed by atoms with Gasteiger partial charge in [-0.1, -0.05) is 27.7 Å². The van der Waals surface area contributed by atoms with E-state index in [1.165, 1.54) is 0 Å². The monoisotopic (exact) mass is 236 g/mol. The first-order valence-electron chi connectivity index (χ1n) is 5.28. The largest absolute Gasteiger partial charge is 0.354 e. The van der Waals surface area contributed by atoms with Gasteiger partial charge in [-0.15, -0.1) is 12.4 Å². The van der Waals surface area contributed by atoms with Crippen molar-refractivity contribution in [2.24, 2.45) is 11.3 Å². The molecule has 0 saturated heterocycles. The molecule has 3 nitrogen and oxygen atoms in total. The summed E-state index contributed by atoms with van der Waals surface area (Å²) in [6, 6.07) is 0. The molecular formula is C11H25ClN2O. The highest BCUT2D eigenvalue weighted by molar-refractivity contribution is 5.85. The topological polar surface area (TPSA) is 41.1 Å². The summed E-state index contributed by atoms with van der Waals surface area (Å²) in [5.41, 5.74) is 0.192. The van der Waals surface area contributed by atoms with Crippen molar-refractivity contribution in [2.45, 2.75) is 34.1 Å². The molecule has 0 aliphatic carbocycles. The lowest BCUT2D eigenvalue weighted by atomic mass is 9.84. The lowest BCUT2D eigenvalue weighted by Crippen LogP contribution is -2.38. The third kappa shape index (κ3) is 10.0. The van der Waals surface area contributed by atoms with E-state index in [1.54, 1.807) is 7.05 Å². The summed E-state index contributed by atoms with van der Waals surface area (Å²) in [5.74, 6) is 0.746. The number of likely N-dealkylation sites (N-methyl/N-ethyl adjacent to an activating group) is 1. The van der Waals surface area contributed by atoms with E-state index in [-0.39, 0.29) is 23.7 Å². The molecule has 0 aromatic carbocycles. The van der Waals surface area contributed by atoms with Crippen molar-refractivity contribution >= 4 is 18.3 Å². The van der Waals surface area contributed by atoms with E-state index in [9.17, 15) is 4.79 Å². The van der Waals surface area contributed by atoms with E-state index < -0.39 is 0 Å². The summed E-state index contributed by atoms with van der Waals surface area (Å²) in [7, 11) is 1.78. The number of carbonyl (C=O) groups excluding carboxylic acids is 1. The molecule has 0 heterocycles. The van der Waals surface area contributed by atoms with Crippen molar-refractivity contribution in [3.05, 3.63) is 0 Å². The highest BCUT2D eigenvalue weighted by Gasteiger charge is 2.19. The molecule has 0 radical (unpaired) electrons. The Morgan fingerprint density at radius 3 is 2.27 bits per heavy atom. The van der Waals surface area contributed by atoms with Crippen LogP contribution in [0.1, 0.15) is 34.1 Å². The van der Waals surface area contributed by atoms with Crippen LogP contribution in [0.3, 0.4) is 0 Å². The molecule has 0 saturated carbocycles. The van der Waals surface area contributed by atoms with Gasteiger partial charge in [0, 0.05) is 6.54 Å². The molecule has 0 rings (SSSR count). The van der Waals surface area contributed by atoms with E-state index in [0.717, 1.165) is 13.0 Å². The van der Waals surface area contributed by atoms with Gasteiger partial charge in [0.15, 0.2) is 0 Å². The predicted molar refractivity (Wildman–Crippen MR) is 67.4 cm³/mol. The Morgan fingerprint density at radius 2 is 1.87 bits per heavy atom. The van der Waals surface area contributed by atoms with Crippen molar-refractivity contribution in [2.75, 3.05) is 20.1 Å². The average Bonchev–Trinajstić information content (AvgIpc) is 1.99. The Labute approximate surface area is 99.8 Å². The van der Waals surface area contributed by atoms with Crippen LogP contribution in [0.2, 0.25) is 0 Å². The zero-order valence-corrected chi connectivity index (χ0v) is 11.3. The normalized spacial score (nSPS) is 11.1. The van der Waals surface area contributed by atoms with E-state index >= 15 is 0 Å². The summed E-state index contributed by atoms with van der Waals surface area (Å²) in [6.07, 6.45) is 1.13. The molecule has 0 fully saturated rings. The van der Waals surface area contributed by atoms with E-state index in [1.807, 2.05) is 0 Å². The second-order valence-corrected chi connectivity index (χ2v) is 5.07. The van der Waals surface area contributed by atoms with Gasteiger partial charge in [0.2, 0.25) is 5.91 Å². The van der Waals surface area contributed by atoms with Crippen molar-refractivity contribution in [3.8, 4) is 0 Å². The number of amides is 1. The molecule has 0 spiro atoms. The van der Waals surface area contributed by atoms with Crippen molar-refractivity contribution in [1.82, 2.24) is 10.6 Å². The number of carbonyl (C=O) groups is 1. The first kappa shape index (κ1) is 17.1. The highest BCUT2D eigenvalue weighted by atomic mass is 35.5. The molecular weight excluding hydrogens is 212 g/mol. The van der Waals surface area contributed by atoms with Gasteiger partial charge in [0.25, 0.3) is 0 Å². The van der Waals surface area contributed by atoms with Gasteiger partial charge in [0.05, 0.1) is 6.54 Å². The van der Waals surface area contributed by atoms with Crippen LogP contribution < -0.4 is 10.6 Å². The Hall–Kier alpha value is -0.280. The maximum atomic E-state index is 11.2. The van der Waals surface area contributed by atoms with Crippen LogP contribution in [0, 0.1) is 11.3 Å². The van der Waals surface area contributed by atoms with Crippen LogP contribution in [0.15, 0.2) is 0 Å². The van der Waals surface area contributed by atoms with Crippen LogP contribution in [-0.4, -0.2) is 26.0 Å². The van der Waals surface area contributed by atoms with E-state index in [2.05, 4.69) is 38.3 Å². The third-order valence-electron chi connectivity index (χ3n) is 2.06. The molecule has 0 aliphatic rings. The van der Waals surface area contributed by atoms with Gasteiger partial charge in [-0.25, -0.2) is 0 Å². The van der Waals surface area contributed by atoms with Gasteiger partial charge < -0.3 is 10.6 Å². The van der Waals surface area contributed by atoms with Crippen LogP contribution in [0.5, 0.6) is 0 Å².